The minimum atomic E-state index is 0.577. The van der Waals surface area contributed by atoms with Gasteiger partial charge in [0.05, 0.1) is 18.8 Å². The highest BCUT2D eigenvalue weighted by molar-refractivity contribution is 5.79. The molecule has 0 radical (unpaired) electrons. The first-order chi connectivity index (χ1) is 13.8. The maximum atomic E-state index is 5.32. The van der Waals surface area contributed by atoms with Gasteiger partial charge in [0.25, 0.3) is 0 Å². The Morgan fingerprint density at radius 3 is 2.50 bits per heavy atom. The summed E-state index contributed by atoms with van der Waals surface area (Å²) in [6.45, 7) is 9.70. The number of rotatable bonds is 8. The van der Waals surface area contributed by atoms with E-state index in [0.29, 0.717) is 13.1 Å². The second kappa shape index (κ2) is 10.9. The summed E-state index contributed by atoms with van der Waals surface area (Å²) < 4.78 is 5.32. The van der Waals surface area contributed by atoms with E-state index in [-0.39, 0.29) is 0 Å². The molecule has 0 amide bonds. The molecule has 1 saturated heterocycles. The number of likely N-dealkylation sites (tertiary alicyclic amines) is 1. The van der Waals surface area contributed by atoms with E-state index in [2.05, 4.69) is 58.8 Å². The third-order valence-electron chi connectivity index (χ3n) is 5.04. The Balaban J connectivity index is 1.51. The quantitative estimate of drug-likeness (QED) is 0.540. The molecule has 2 N–H and O–H groups in total. The van der Waals surface area contributed by atoms with Crippen LogP contribution in [-0.4, -0.2) is 35.7 Å². The normalized spacial score (nSPS) is 15.6. The fourth-order valence-electron chi connectivity index (χ4n) is 3.41. The summed E-state index contributed by atoms with van der Waals surface area (Å²) in [6, 6.07) is 10.8. The third kappa shape index (κ3) is 6.37. The van der Waals surface area contributed by atoms with Crippen molar-refractivity contribution < 1.29 is 4.52 Å². The van der Waals surface area contributed by atoms with Crippen LogP contribution in [0.3, 0.4) is 0 Å². The van der Waals surface area contributed by atoms with Gasteiger partial charge in [0.2, 0.25) is 0 Å². The lowest BCUT2D eigenvalue weighted by atomic mass is 10.1. The third-order valence-corrected chi connectivity index (χ3v) is 5.04. The first-order valence-electron chi connectivity index (χ1n) is 10.5. The van der Waals surface area contributed by atoms with Crippen molar-refractivity contribution in [3.05, 3.63) is 52.9 Å². The average molecular weight is 384 g/mol. The summed E-state index contributed by atoms with van der Waals surface area (Å²) in [5.41, 5.74) is 3.58. The van der Waals surface area contributed by atoms with Gasteiger partial charge in [0, 0.05) is 19.2 Å². The molecule has 0 aliphatic carbocycles. The van der Waals surface area contributed by atoms with Gasteiger partial charge in [-0.25, -0.2) is 4.99 Å². The van der Waals surface area contributed by atoms with E-state index < -0.39 is 0 Å². The van der Waals surface area contributed by atoms with E-state index in [1.54, 1.807) is 0 Å². The smallest absolute Gasteiger partial charge is 0.191 e. The second-order valence-electron chi connectivity index (χ2n) is 7.34. The van der Waals surface area contributed by atoms with E-state index in [4.69, 9.17) is 9.52 Å². The zero-order valence-electron chi connectivity index (χ0n) is 17.2. The molecule has 1 aromatic carbocycles. The van der Waals surface area contributed by atoms with Gasteiger partial charge in [-0.3, -0.25) is 4.90 Å². The van der Waals surface area contributed by atoms with Crippen molar-refractivity contribution in [3.63, 3.8) is 0 Å². The van der Waals surface area contributed by atoms with Gasteiger partial charge in [0.1, 0.15) is 0 Å². The highest BCUT2D eigenvalue weighted by Gasteiger charge is 2.10. The standard InChI is InChI=1S/C22H33N5O/c1-3-20-14-21(28-26-20)16-25-22(23-4-2)24-15-18-8-10-19(11-9-18)17-27-12-6-5-7-13-27/h8-11,14H,3-7,12-13,15-17H2,1-2H3,(H2,23,24,25). The van der Waals surface area contributed by atoms with Gasteiger partial charge < -0.3 is 15.2 Å². The maximum Gasteiger partial charge on any atom is 0.191 e. The van der Waals surface area contributed by atoms with Crippen molar-refractivity contribution in [2.24, 2.45) is 4.99 Å². The van der Waals surface area contributed by atoms with Crippen molar-refractivity contribution in [1.29, 1.82) is 0 Å². The van der Waals surface area contributed by atoms with Gasteiger partial charge in [-0.15, -0.1) is 0 Å². The van der Waals surface area contributed by atoms with Crippen LogP contribution in [0.25, 0.3) is 0 Å². The molecular formula is C22H33N5O. The van der Waals surface area contributed by atoms with Gasteiger partial charge in [0.15, 0.2) is 11.7 Å². The summed E-state index contributed by atoms with van der Waals surface area (Å²) in [6.07, 6.45) is 4.93. The van der Waals surface area contributed by atoms with Gasteiger partial charge in [-0.2, -0.15) is 0 Å². The first kappa shape index (κ1) is 20.4. The van der Waals surface area contributed by atoms with Crippen LogP contribution in [0.15, 0.2) is 39.8 Å². The fraction of sp³-hybridized carbons (Fsp3) is 0.545. The molecule has 2 heterocycles. The Labute approximate surface area is 168 Å². The summed E-state index contributed by atoms with van der Waals surface area (Å²) in [7, 11) is 0. The number of piperidine rings is 1. The van der Waals surface area contributed by atoms with Crippen molar-refractivity contribution in [2.45, 2.75) is 59.2 Å². The number of nitrogens with zero attached hydrogens (tertiary/aromatic N) is 3. The molecule has 6 heteroatoms. The molecule has 152 valence electrons. The summed E-state index contributed by atoms with van der Waals surface area (Å²) in [5, 5.41) is 10.6. The largest absolute Gasteiger partial charge is 0.359 e. The number of aliphatic imine (C=N–C) groups is 1. The van der Waals surface area contributed by atoms with Crippen LogP contribution in [0, 0.1) is 0 Å². The van der Waals surface area contributed by atoms with Gasteiger partial charge in [-0.05, 0) is 50.4 Å². The molecule has 0 unspecified atom stereocenters. The molecule has 1 aliphatic heterocycles. The minimum Gasteiger partial charge on any atom is -0.359 e. The Bertz CT molecular complexity index is 732. The molecule has 28 heavy (non-hydrogen) atoms. The second-order valence-corrected chi connectivity index (χ2v) is 7.34. The molecule has 1 aliphatic rings. The summed E-state index contributed by atoms with van der Waals surface area (Å²) >= 11 is 0. The van der Waals surface area contributed by atoms with Crippen molar-refractivity contribution in [1.82, 2.24) is 20.7 Å². The van der Waals surface area contributed by atoms with Crippen LogP contribution in [0.2, 0.25) is 0 Å². The SMILES string of the molecule is CCNC(=NCc1ccc(CN2CCCCC2)cc1)NCc1cc(CC)no1. The van der Waals surface area contributed by atoms with Crippen LogP contribution in [0.5, 0.6) is 0 Å². The number of aromatic nitrogens is 1. The molecular weight excluding hydrogens is 350 g/mol. The van der Waals surface area contributed by atoms with Crippen LogP contribution in [0.1, 0.15) is 55.7 Å². The Morgan fingerprint density at radius 2 is 1.82 bits per heavy atom. The Morgan fingerprint density at radius 1 is 1.07 bits per heavy atom. The lowest BCUT2D eigenvalue weighted by molar-refractivity contribution is 0.221. The van der Waals surface area contributed by atoms with E-state index in [1.807, 2.05) is 6.07 Å². The molecule has 0 spiro atoms. The highest BCUT2D eigenvalue weighted by atomic mass is 16.5. The minimum absolute atomic E-state index is 0.577. The maximum absolute atomic E-state index is 5.32. The Hall–Kier alpha value is -2.34. The average Bonchev–Trinajstić information content (AvgIpc) is 3.20. The zero-order chi connectivity index (χ0) is 19.6. The number of nitrogens with one attached hydrogen (secondary N) is 2. The number of aryl methyl sites for hydroxylation is 1. The van der Waals surface area contributed by atoms with Crippen LogP contribution >= 0.6 is 0 Å². The molecule has 1 fully saturated rings. The molecule has 3 rings (SSSR count). The summed E-state index contributed by atoms with van der Waals surface area (Å²) in [5.74, 6) is 1.61. The van der Waals surface area contributed by atoms with E-state index in [0.717, 1.165) is 36.9 Å². The number of hydrogen-bond donors (Lipinski definition) is 2. The highest BCUT2D eigenvalue weighted by Crippen LogP contribution is 2.14. The lowest BCUT2D eigenvalue weighted by Gasteiger charge is -2.26. The predicted octanol–water partition coefficient (Wildman–Crippen LogP) is 3.48. The van der Waals surface area contributed by atoms with Crippen molar-refractivity contribution in [2.75, 3.05) is 19.6 Å². The lowest BCUT2D eigenvalue weighted by Crippen LogP contribution is -2.36. The topological polar surface area (TPSA) is 65.7 Å². The predicted molar refractivity (Wildman–Crippen MR) is 113 cm³/mol. The van der Waals surface area contributed by atoms with Crippen molar-refractivity contribution >= 4 is 5.96 Å². The van der Waals surface area contributed by atoms with Gasteiger partial charge in [-0.1, -0.05) is 42.8 Å². The molecule has 6 nitrogen and oxygen atoms in total. The monoisotopic (exact) mass is 383 g/mol. The summed E-state index contributed by atoms with van der Waals surface area (Å²) in [4.78, 5) is 7.25. The van der Waals surface area contributed by atoms with Crippen LogP contribution in [-0.2, 0) is 26.1 Å². The zero-order valence-corrected chi connectivity index (χ0v) is 17.2. The molecule has 0 atom stereocenters. The van der Waals surface area contributed by atoms with E-state index in [1.165, 1.54) is 43.5 Å². The first-order valence-corrected chi connectivity index (χ1v) is 10.5. The fourth-order valence-corrected chi connectivity index (χ4v) is 3.41. The van der Waals surface area contributed by atoms with Crippen LogP contribution < -0.4 is 10.6 Å². The van der Waals surface area contributed by atoms with E-state index >= 15 is 0 Å². The number of guanidine groups is 1. The van der Waals surface area contributed by atoms with Gasteiger partial charge >= 0.3 is 0 Å². The molecule has 0 bridgehead atoms. The number of benzene rings is 1. The Kier molecular flexibility index (Phi) is 7.91. The molecule has 2 aromatic rings. The van der Waals surface area contributed by atoms with Crippen LogP contribution in [0.4, 0.5) is 0 Å². The molecule has 0 saturated carbocycles. The van der Waals surface area contributed by atoms with E-state index in [9.17, 15) is 0 Å². The molecule has 1 aromatic heterocycles. The number of hydrogen-bond acceptors (Lipinski definition) is 4. The van der Waals surface area contributed by atoms with Crippen molar-refractivity contribution in [3.8, 4) is 0 Å².